The van der Waals surface area contributed by atoms with E-state index < -0.39 is 12.0 Å². The molecule has 1 fully saturated rings. The highest BCUT2D eigenvalue weighted by molar-refractivity contribution is 5.96. The minimum atomic E-state index is -0.822. The molecular formula is C17H22N2O3. The molecule has 5 nitrogen and oxygen atoms in total. The first-order chi connectivity index (χ1) is 10.6. The molecular weight excluding hydrogens is 280 g/mol. The van der Waals surface area contributed by atoms with Crippen molar-refractivity contribution in [1.29, 1.82) is 0 Å². The van der Waals surface area contributed by atoms with Crippen LogP contribution in [0.2, 0.25) is 0 Å². The third-order valence-corrected chi connectivity index (χ3v) is 4.78. The zero-order valence-corrected chi connectivity index (χ0v) is 12.9. The van der Waals surface area contributed by atoms with Gasteiger partial charge in [-0.1, -0.05) is 18.2 Å². The lowest BCUT2D eigenvalue weighted by molar-refractivity contribution is -0.142. The first-order valence-corrected chi connectivity index (χ1v) is 7.94. The van der Waals surface area contributed by atoms with Crippen LogP contribution in [0.3, 0.4) is 0 Å². The number of amides is 1. The van der Waals surface area contributed by atoms with Crippen LogP contribution in [0.4, 0.5) is 5.69 Å². The van der Waals surface area contributed by atoms with Gasteiger partial charge < -0.3 is 10.0 Å². The van der Waals surface area contributed by atoms with Crippen molar-refractivity contribution in [1.82, 2.24) is 4.90 Å². The fraction of sp³-hybridized carbons (Fsp3) is 0.529. The Labute approximate surface area is 130 Å². The zero-order chi connectivity index (χ0) is 15.7. The number of carbonyl (C=O) groups is 2. The summed E-state index contributed by atoms with van der Waals surface area (Å²) in [5, 5.41) is 9.25. The van der Waals surface area contributed by atoms with Crippen LogP contribution in [0, 0.1) is 0 Å². The molecule has 1 aromatic rings. The van der Waals surface area contributed by atoms with Gasteiger partial charge in [0.2, 0.25) is 5.91 Å². The van der Waals surface area contributed by atoms with Gasteiger partial charge in [-0.15, -0.1) is 0 Å². The van der Waals surface area contributed by atoms with Crippen molar-refractivity contribution >= 4 is 17.6 Å². The number of carboxylic acids is 1. The number of rotatable bonds is 3. The molecule has 22 heavy (non-hydrogen) atoms. The summed E-state index contributed by atoms with van der Waals surface area (Å²) in [6.45, 7) is 2.94. The fourth-order valence-electron chi connectivity index (χ4n) is 3.61. The van der Waals surface area contributed by atoms with Crippen LogP contribution in [-0.4, -0.2) is 47.1 Å². The minimum Gasteiger partial charge on any atom is -0.480 e. The largest absolute Gasteiger partial charge is 0.480 e. The molecule has 2 aliphatic rings. The Morgan fingerprint density at radius 1 is 1.27 bits per heavy atom. The number of carboxylic acid groups (broad SMARTS) is 1. The monoisotopic (exact) mass is 302 g/mol. The smallest absolute Gasteiger partial charge is 0.320 e. The van der Waals surface area contributed by atoms with E-state index in [-0.39, 0.29) is 18.5 Å². The molecule has 1 unspecified atom stereocenters. The second kappa shape index (κ2) is 6.08. The summed E-state index contributed by atoms with van der Waals surface area (Å²) in [5.74, 6) is -0.815. The number of hydrogen-bond acceptors (Lipinski definition) is 3. The topological polar surface area (TPSA) is 60.9 Å². The van der Waals surface area contributed by atoms with E-state index in [1.165, 1.54) is 5.56 Å². The second-order valence-electron chi connectivity index (χ2n) is 6.25. The van der Waals surface area contributed by atoms with Gasteiger partial charge in [0, 0.05) is 11.7 Å². The maximum absolute atomic E-state index is 12.8. The van der Waals surface area contributed by atoms with Crippen LogP contribution in [0.25, 0.3) is 0 Å². The van der Waals surface area contributed by atoms with Crippen LogP contribution >= 0.6 is 0 Å². The molecule has 2 heterocycles. The van der Waals surface area contributed by atoms with E-state index in [4.69, 9.17) is 0 Å². The van der Waals surface area contributed by atoms with E-state index in [1.807, 2.05) is 23.1 Å². The van der Waals surface area contributed by atoms with Crippen LogP contribution in [0.5, 0.6) is 0 Å². The predicted octanol–water partition coefficient (Wildman–Crippen LogP) is 1.90. The number of hydrogen-bond donors (Lipinski definition) is 1. The molecule has 2 atom stereocenters. The van der Waals surface area contributed by atoms with Gasteiger partial charge in [-0.25, -0.2) is 0 Å². The number of nitrogens with zero attached hydrogens (tertiary/aromatic N) is 2. The molecule has 0 spiro atoms. The number of carbonyl (C=O) groups excluding carboxylic acids is 1. The molecule has 1 N–H and O–H groups in total. The number of benzene rings is 1. The predicted molar refractivity (Wildman–Crippen MR) is 83.9 cm³/mol. The summed E-state index contributed by atoms with van der Waals surface area (Å²) in [6, 6.07) is 7.65. The first kappa shape index (κ1) is 15.0. The van der Waals surface area contributed by atoms with Crippen molar-refractivity contribution in [3.8, 4) is 0 Å². The third kappa shape index (κ3) is 2.73. The van der Waals surface area contributed by atoms with Crippen molar-refractivity contribution in [2.24, 2.45) is 0 Å². The van der Waals surface area contributed by atoms with Gasteiger partial charge in [-0.3, -0.25) is 14.5 Å². The maximum atomic E-state index is 12.8. The summed E-state index contributed by atoms with van der Waals surface area (Å²) in [7, 11) is 0. The van der Waals surface area contributed by atoms with Crippen LogP contribution in [0.15, 0.2) is 24.3 Å². The van der Waals surface area contributed by atoms with Gasteiger partial charge in [0.05, 0.1) is 6.54 Å². The minimum absolute atomic E-state index is 0.00722. The second-order valence-corrected chi connectivity index (χ2v) is 6.25. The Morgan fingerprint density at radius 3 is 2.82 bits per heavy atom. The van der Waals surface area contributed by atoms with E-state index in [2.05, 4.69) is 13.0 Å². The third-order valence-electron chi connectivity index (χ3n) is 4.78. The molecule has 0 aromatic heterocycles. The van der Waals surface area contributed by atoms with Crippen LogP contribution in [-0.2, 0) is 16.0 Å². The molecule has 1 amide bonds. The molecule has 0 saturated carbocycles. The lowest BCUT2D eigenvalue weighted by Gasteiger charge is -2.36. The maximum Gasteiger partial charge on any atom is 0.320 e. The first-order valence-electron chi connectivity index (χ1n) is 7.94. The molecule has 1 saturated heterocycles. The number of para-hydroxylation sites is 1. The summed E-state index contributed by atoms with van der Waals surface area (Å²) in [4.78, 5) is 27.7. The Balaban J connectivity index is 1.78. The van der Waals surface area contributed by atoms with Gasteiger partial charge in [-0.2, -0.15) is 0 Å². The van der Waals surface area contributed by atoms with Gasteiger partial charge in [0.15, 0.2) is 0 Å². The van der Waals surface area contributed by atoms with Gasteiger partial charge in [0.25, 0.3) is 0 Å². The average Bonchev–Trinajstić information content (AvgIpc) is 2.95. The molecule has 3 rings (SSSR count). The highest BCUT2D eigenvalue weighted by Gasteiger charge is 2.35. The summed E-state index contributed by atoms with van der Waals surface area (Å²) in [5.41, 5.74) is 2.18. The zero-order valence-electron chi connectivity index (χ0n) is 12.9. The number of aryl methyl sites for hydroxylation is 1. The van der Waals surface area contributed by atoms with E-state index in [1.54, 1.807) is 4.90 Å². The molecule has 0 aliphatic carbocycles. The van der Waals surface area contributed by atoms with E-state index >= 15 is 0 Å². The molecule has 2 aliphatic heterocycles. The Kier molecular flexibility index (Phi) is 4.16. The highest BCUT2D eigenvalue weighted by atomic mass is 16.4. The number of anilines is 1. The van der Waals surface area contributed by atoms with Crippen molar-refractivity contribution in [3.05, 3.63) is 29.8 Å². The fourth-order valence-corrected chi connectivity index (χ4v) is 3.61. The lowest BCUT2D eigenvalue weighted by Crippen LogP contribution is -2.49. The normalized spacial score (nSPS) is 25.0. The van der Waals surface area contributed by atoms with Gasteiger partial charge >= 0.3 is 5.97 Å². The Bertz CT molecular complexity index is 587. The quantitative estimate of drug-likeness (QED) is 0.926. The molecule has 0 bridgehead atoms. The summed E-state index contributed by atoms with van der Waals surface area (Å²) in [6.07, 6.45) is 3.42. The Hall–Kier alpha value is -1.88. The molecule has 5 heteroatoms. The highest BCUT2D eigenvalue weighted by Crippen LogP contribution is 2.31. The van der Waals surface area contributed by atoms with Crippen LogP contribution < -0.4 is 4.90 Å². The lowest BCUT2D eigenvalue weighted by atomic mass is 9.96. The SMILES string of the molecule is CC1CCc2ccccc2N1C(=O)CN1CCC[C@H]1C(=O)O. The summed E-state index contributed by atoms with van der Waals surface area (Å²) >= 11 is 0. The standard InChI is InChI=1S/C17H22N2O3/c1-12-8-9-13-5-2-3-6-14(13)19(12)16(20)11-18-10-4-7-15(18)17(21)22/h2-3,5-6,12,15H,4,7-11H2,1H3,(H,21,22)/t12?,15-/m0/s1. The van der Waals surface area contributed by atoms with E-state index in [0.717, 1.165) is 24.9 Å². The van der Waals surface area contributed by atoms with E-state index in [9.17, 15) is 14.7 Å². The van der Waals surface area contributed by atoms with Crippen molar-refractivity contribution in [2.75, 3.05) is 18.0 Å². The van der Waals surface area contributed by atoms with E-state index in [0.29, 0.717) is 13.0 Å². The van der Waals surface area contributed by atoms with Crippen LogP contribution in [0.1, 0.15) is 31.7 Å². The van der Waals surface area contributed by atoms with Gasteiger partial charge in [0.1, 0.15) is 6.04 Å². The number of fused-ring (bicyclic) bond motifs is 1. The number of likely N-dealkylation sites (tertiary alicyclic amines) is 1. The molecule has 0 radical (unpaired) electrons. The molecule has 1 aromatic carbocycles. The number of aliphatic carboxylic acids is 1. The van der Waals surface area contributed by atoms with Crippen molar-refractivity contribution in [2.45, 2.75) is 44.7 Å². The van der Waals surface area contributed by atoms with Crippen molar-refractivity contribution < 1.29 is 14.7 Å². The van der Waals surface area contributed by atoms with Crippen molar-refractivity contribution in [3.63, 3.8) is 0 Å². The van der Waals surface area contributed by atoms with Gasteiger partial charge in [-0.05, 0) is 50.8 Å². The summed E-state index contributed by atoms with van der Waals surface area (Å²) < 4.78 is 0. The Morgan fingerprint density at radius 2 is 2.05 bits per heavy atom. The molecule has 118 valence electrons. The average molecular weight is 302 g/mol.